The van der Waals surface area contributed by atoms with Crippen LogP contribution in [-0.2, 0) is 5.41 Å². The summed E-state index contributed by atoms with van der Waals surface area (Å²) in [5.41, 5.74) is 0.116. The lowest BCUT2D eigenvalue weighted by Gasteiger charge is -2.26. The average Bonchev–Trinajstić information content (AvgIpc) is 2.54. The highest BCUT2D eigenvalue weighted by atomic mass is 16.3. The maximum Gasteiger partial charge on any atom is 0.109 e. The van der Waals surface area contributed by atoms with Crippen molar-refractivity contribution in [1.82, 2.24) is 5.32 Å². The Balaban J connectivity index is 2.58. The summed E-state index contributed by atoms with van der Waals surface area (Å²) in [5.74, 6) is 1.07. The molecule has 1 unspecified atom stereocenters. The van der Waals surface area contributed by atoms with Gasteiger partial charge in [-0.05, 0) is 32.0 Å². The summed E-state index contributed by atoms with van der Waals surface area (Å²) in [6.45, 7) is 9.82. The van der Waals surface area contributed by atoms with Crippen molar-refractivity contribution in [3.63, 3.8) is 0 Å². The van der Waals surface area contributed by atoms with Gasteiger partial charge in [0.15, 0.2) is 0 Å². The van der Waals surface area contributed by atoms with E-state index in [2.05, 4.69) is 39.1 Å². The van der Waals surface area contributed by atoms with Gasteiger partial charge in [-0.2, -0.15) is 0 Å². The van der Waals surface area contributed by atoms with Gasteiger partial charge in [-0.15, -0.1) is 0 Å². The van der Waals surface area contributed by atoms with Crippen LogP contribution < -0.4 is 5.32 Å². The Labute approximate surface area is 86.7 Å². The van der Waals surface area contributed by atoms with Crippen LogP contribution in [0.3, 0.4) is 0 Å². The predicted octanol–water partition coefficient (Wildman–Crippen LogP) is 2.95. The van der Waals surface area contributed by atoms with Gasteiger partial charge in [0.1, 0.15) is 5.76 Å². The highest BCUT2D eigenvalue weighted by Gasteiger charge is 2.25. The fraction of sp³-hybridized carbons (Fsp3) is 0.667. The Hall–Kier alpha value is -0.760. The van der Waals surface area contributed by atoms with E-state index >= 15 is 0 Å². The molecule has 2 nitrogen and oxygen atoms in total. The third-order valence-electron chi connectivity index (χ3n) is 2.56. The minimum Gasteiger partial charge on any atom is -0.469 e. The lowest BCUT2D eigenvalue weighted by atomic mass is 9.84. The molecule has 0 fully saturated rings. The molecule has 0 saturated heterocycles. The molecule has 14 heavy (non-hydrogen) atoms. The van der Waals surface area contributed by atoms with E-state index in [1.165, 1.54) is 0 Å². The molecule has 1 N–H and O–H groups in total. The summed E-state index contributed by atoms with van der Waals surface area (Å²) in [6, 6.07) is 4.54. The molecule has 80 valence electrons. The third kappa shape index (κ3) is 2.88. The van der Waals surface area contributed by atoms with Crippen LogP contribution in [0.1, 0.15) is 39.9 Å². The predicted molar refractivity (Wildman–Crippen MR) is 59.5 cm³/mol. The van der Waals surface area contributed by atoms with E-state index in [4.69, 9.17) is 4.42 Å². The fourth-order valence-electron chi connectivity index (χ4n) is 1.95. The van der Waals surface area contributed by atoms with E-state index in [1.54, 1.807) is 6.26 Å². The van der Waals surface area contributed by atoms with Crippen molar-refractivity contribution in [3.05, 3.63) is 24.2 Å². The van der Waals surface area contributed by atoms with Gasteiger partial charge in [0.2, 0.25) is 0 Å². The lowest BCUT2D eigenvalue weighted by Crippen LogP contribution is -2.32. The number of hydrogen-bond donors (Lipinski definition) is 1. The first-order valence-corrected chi connectivity index (χ1v) is 5.33. The van der Waals surface area contributed by atoms with Gasteiger partial charge >= 0.3 is 0 Å². The zero-order valence-electron chi connectivity index (χ0n) is 9.63. The number of furan rings is 1. The standard InChI is InChI=1S/C12H21NO/c1-5-13-10(2)9-12(3,4)11-7-6-8-14-11/h6-8,10,13H,5,9H2,1-4H3. The minimum absolute atomic E-state index is 0.116. The summed E-state index contributed by atoms with van der Waals surface area (Å²) >= 11 is 0. The van der Waals surface area contributed by atoms with Gasteiger partial charge < -0.3 is 9.73 Å². The van der Waals surface area contributed by atoms with E-state index in [-0.39, 0.29) is 5.41 Å². The highest BCUT2D eigenvalue weighted by Crippen LogP contribution is 2.28. The van der Waals surface area contributed by atoms with Crippen molar-refractivity contribution in [1.29, 1.82) is 0 Å². The smallest absolute Gasteiger partial charge is 0.109 e. The molecule has 0 radical (unpaired) electrons. The molecule has 0 bridgehead atoms. The molecule has 1 heterocycles. The normalized spacial score (nSPS) is 14.3. The molecular weight excluding hydrogens is 174 g/mol. The molecule has 0 aliphatic rings. The summed E-state index contributed by atoms with van der Waals surface area (Å²) in [6.07, 6.45) is 2.84. The molecule has 1 aromatic rings. The van der Waals surface area contributed by atoms with Gasteiger partial charge in [0.25, 0.3) is 0 Å². The van der Waals surface area contributed by atoms with Crippen LogP contribution in [0.4, 0.5) is 0 Å². The quantitative estimate of drug-likeness (QED) is 0.781. The van der Waals surface area contributed by atoms with Crippen LogP contribution >= 0.6 is 0 Å². The Bertz CT molecular complexity index is 251. The first kappa shape index (κ1) is 11.3. The summed E-state index contributed by atoms with van der Waals surface area (Å²) in [5, 5.41) is 3.42. The summed E-state index contributed by atoms with van der Waals surface area (Å²) < 4.78 is 5.45. The van der Waals surface area contributed by atoms with E-state index in [0.717, 1.165) is 18.7 Å². The Kier molecular flexibility index (Phi) is 3.76. The van der Waals surface area contributed by atoms with Crippen LogP contribution in [0.2, 0.25) is 0 Å². The molecule has 0 amide bonds. The van der Waals surface area contributed by atoms with Gasteiger partial charge in [-0.3, -0.25) is 0 Å². The number of rotatable bonds is 5. The molecule has 0 aliphatic heterocycles. The van der Waals surface area contributed by atoms with Crippen molar-refractivity contribution < 1.29 is 4.42 Å². The second kappa shape index (κ2) is 4.65. The molecule has 1 atom stereocenters. The van der Waals surface area contributed by atoms with Gasteiger partial charge in [-0.25, -0.2) is 0 Å². The number of nitrogens with one attached hydrogen (secondary N) is 1. The molecule has 0 saturated carbocycles. The Morgan fingerprint density at radius 1 is 1.50 bits per heavy atom. The molecule has 1 rings (SSSR count). The zero-order valence-corrected chi connectivity index (χ0v) is 9.63. The monoisotopic (exact) mass is 195 g/mol. The summed E-state index contributed by atoms with van der Waals surface area (Å²) in [4.78, 5) is 0. The molecule has 0 spiro atoms. The first-order chi connectivity index (χ1) is 6.56. The van der Waals surface area contributed by atoms with E-state index in [1.807, 2.05) is 6.07 Å². The molecule has 0 aromatic carbocycles. The van der Waals surface area contributed by atoms with Crippen molar-refractivity contribution in [3.8, 4) is 0 Å². The Morgan fingerprint density at radius 3 is 2.71 bits per heavy atom. The lowest BCUT2D eigenvalue weighted by molar-refractivity contribution is 0.327. The number of hydrogen-bond acceptors (Lipinski definition) is 2. The molecular formula is C12H21NO. The van der Waals surface area contributed by atoms with E-state index in [9.17, 15) is 0 Å². The molecule has 2 heteroatoms. The van der Waals surface area contributed by atoms with Crippen LogP contribution in [0, 0.1) is 0 Å². The highest BCUT2D eigenvalue weighted by molar-refractivity contribution is 5.11. The second-order valence-corrected chi connectivity index (χ2v) is 4.52. The summed E-state index contributed by atoms with van der Waals surface area (Å²) in [7, 11) is 0. The van der Waals surface area contributed by atoms with Crippen molar-refractivity contribution in [2.24, 2.45) is 0 Å². The van der Waals surface area contributed by atoms with E-state index < -0.39 is 0 Å². The largest absolute Gasteiger partial charge is 0.469 e. The van der Waals surface area contributed by atoms with Crippen LogP contribution in [0.15, 0.2) is 22.8 Å². The maximum atomic E-state index is 5.45. The average molecular weight is 195 g/mol. The molecule has 1 aromatic heterocycles. The topological polar surface area (TPSA) is 25.2 Å². The van der Waals surface area contributed by atoms with Crippen molar-refractivity contribution in [2.75, 3.05) is 6.54 Å². The SMILES string of the molecule is CCNC(C)CC(C)(C)c1ccco1. The van der Waals surface area contributed by atoms with Crippen LogP contribution in [-0.4, -0.2) is 12.6 Å². The van der Waals surface area contributed by atoms with Crippen LogP contribution in [0.25, 0.3) is 0 Å². The van der Waals surface area contributed by atoms with Gasteiger partial charge in [0.05, 0.1) is 6.26 Å². The second-order valence-electron chi connectivity index (χ2n) is 4.52. The molecule has 0 aliphatic carbocycles. The third-order valence-corrected chi connectivity index (χ3v) is 2.56. The fourth-order valence-corrected chi connectivity index (χ4v) is 1.95. The minimum atomic E-state index is 0.116. The van der Waals surface area contributed by atoms with Crippen molar-refractivity contribution >= 4 is 0 Å². The van der Waals surface area contributed by atoms with Crippen molar-refractivity contribution in [2.45, 2.75) is 45.6 Å². The first-order valence-electron chi connectivity index (χ1n) is 5.33. The maximum absolute atomic E-state index is 5.45. The van der Waals surface area contributed by atoms with Crippen LogP contribution in [0.5, 0.6) is 0 Å². The van der Waals surface area contributed by atoms with E-state index in [0.29, 0.717) is 6.04 Å². The van der Waals surface area contributed by atoms with Gasteiger partial charge in [-0.1, -0.05) is 20.8 Å². The van der Waals surface area contributed by atoms with Gasteiger partial charge in [0, 0.05) is 11.5 Å². The zero-order chi connectivity index (χ0) is 10.6. The Morgan fingerprint density at radius 2 is 2.21 bits per heavy atom.